The molecule has 20 heavy (non-hydrogen) atoms. The Bertz CT molecular complexity index is 610. The van der Waals surface area contributed by atoms with E-state index >= 15 is 0 Å². The highest BCUT2D eigenvalue weighted by Crippen LogP contribution is 2.26. The number of thiophene rings is 1. The molecule has 1 atom stereocenters. The Balaban J connectivity index is 1.76. The molecule has 0 bridgehead atoms. The smallest absolute Gasteiger partial charge is 0.261 e. The van der Waals surface area contributed by atoms with Gasteiger partial charge in [0, 0.05) is 29.2 Å². The van der Waals surface area contributed by atoms with Crippen molar-refractivity contribution in [1.82, 2.24) is 0 Å². The van der Waals surface area contributed by atoms with E-state index in [1.807, 2.05) is 6.92 Å². The predicted molar refractivity (Wildman–Crippen MR) is 88.6 cm³/mol. The fraction of sp³-hybridized carbons (Fsp3) is 0.267. The number of nitrogens with one attached hydrogen (secondary N) is 2. The Morgan fingerprint density at radius 1 is 1.45 bits per heavy atom. The molecule has 0 spiro atoms. The van der Waals surface area contributed by atoms with Crippen LogP contribution in [0.2, 0.25) is 0 Å². The minimum atomic E-state index is 0.101. The maximum Gasteiger partial charge on any atom is 0.261 e. The molecular formula is C15H16N2OS2. The lowest BCUT2D eigenvalue weighted by molar-refractivity contribution is 0.217. The molecule has 0 radical (unpaired) electrons. The predicted octanol–water partition coefficient (Wildman–Crippen LogP) is 4.02. The number of ether oxygens (including phenoxy) is 1. The van der Waals surface area contributed by atoms with Crippen molar-refractivity contribution in [2.45, 2.75) is 26.0 Å². The summed E-state index contributed by atoms with van der Waals surface area (Å²) in [4.78, 5) is 1.33. The molecule has 0 saturated carbocycles. The van der Waals surface area contributed by atoms with Crippen molar-refractivity contribution in [2.75, 3.05) is 10.6 Å². The van der Waals surface area contributed by atoms with Gasteiger partial charge in [-0.05, 0) is 54.4 Å². The summed E-state index contributed by atoms with van der Waals surface area (Å²) in [5.74, 6) is 0. The molecule has 3 nitrogen and oxygen atoms in total. The molecule has 1 unspecified atom stereocenters. The Hall–Kier alpha value is -1.59. The lowest BCUT2D eigenvalue weighted by Gasteiger charge is -2.11. The molecule has 1 aliphatic heterocycles. The zero-order valence-electron chi connectivity index (χ0n) is 11.2. The summed E-state index contributed by atoms with van der Waals surface area (Å²) < 4.78 is 5.55. The summed E-state index contributed by atoms with van der Waals surface area (Å²) in [7, 11) is 0. The fourth-order valence-electron chi connectivity index (χ4n) is 2.27. The average molecular weight is 304 g/mol. The molecule has 5 heteroatoms. The van der Waals surface area contributed by atoms with Gasteiger partial charge in [0.05, 0.1) is 0 Å². The van der Waals surface area contributed by atoms with Crippen molar-refractivity contribution in [3.63, 3.8) is 0 Å². The number of fused-ring (bicyclic) bond motifs is 1. The van der Waals surface area contributed by atoms with Gasteiger partial charge in [0.15, 0.2) is 0 Å². The summed E-state index contributed by atoms with van der Waals surface area (Å²) in [6, 6.07) is 10.5. The second-order valence-corrected chi connectivity index (χ2v) is 6.25. The summed E-state index contributed by atoms with van der Waals surface area (Å²) in [6.45, 7) is 2.89. The first-order chi connectivity index (χ1) is 9.70. The van der Waals surface area contributed by atoms with E-state index in [4.69, 9.17) is 17.0 Å². The first-order valence-electron chi connectivity index (χ1n) is 6.57. The SMILES string of the molecule is CC1Cc2cc(NCc3cccs3)ccc2NC(=S)O1. The molecule has 2 N–H and O–H groups in total. The summed E-state index contributed by atoms with van der Waals surface area (Å²) in [5.41, 5.74) is 3.40. The highest BCUT2D eigenvalue weighted by molar-refractivity contribution is 7.80. The van der Waals surface area contributed by atoms with Gasteiger partial charge in [0.25, 0.3) is 5.17 Å². The number of hydrogen-bond acceptors (Lipinski definition) is 4. The van der Waals surface area contributed by atoms with Crippen LogP contribution >= 0.6 is 23.6 Å². The van der Waals surface area contributed by atoms with E-state index in [2.05, 4.69) is 46.3 Å². The first-order valence-corrected chi connectivity index (χ1v) is 7.86. The van der Waals surface area contributed by atoms with Crippen LogP contribution in [0.4, 0.5) is 11.4 Å². The van der Waals surface area contributed by atoms with E-state index in [0.717, 1.165) is 24.3 Å². The number of hydrogen-bond donors (Lipinski definition) is 2. The molecule has 1 aromatic carbocycles. The third kappa shape index (κ3) is 3.11. The quantitative estimate of drug-likeness (QED) is 0.839. The molecule has 0 aliphatic carbocycles. The third-order valence-electron chi connectivity index (χ3n) is 3.20. The van der Waals surface area contributed by atoms with Crippen molar-refractivity contribution in [3.05, 3.63) is 46.2 Å². The van der Waals surface area contributed by atoms with Gasteiger partial charge in [-0.3, -0.25) is 0 Å². The van der Waals surface area contributed by atoms with Crippen LogP contribution in [0.3, 0.4) is 0 Å². The van der Waals surface area contributed by atoms with Crippen molar-refractivity contribution in [2.24, 2.45) is 0 Å². The van der Waals surface area contributed by atoms with E-state index in [-0.39, 0.29) is 6.10 Å². The standard InChI is InChI=1S/C15H16N2OS2/c1-10-7-11-8-12(16-9-13-3-2-6-20-13)4-5-14(11)17-15(19)18-10/h2-6,8,10,16H,7,9H2,1H3,(H,17,19). The molecule has 1 aromatic heterocycles. The number of thiocarbonyl (C=S) groups is 1. The maximum atomic E-state index is 5.55. The Kier molecular flexibility index (Phi) is 3.89. The minimum absolute atomic E-state index is 0.101. The van der Waals surface area contributed by atoms with Gasteiger partial charge in [-0.25, -0.2) is 0 Å². The van der Waals surface area contributed by atoms with Gasteiger partial charge in [0.2, 0.25) is 0 Å². The molecular weight excluding hydrogens is 288 g/mol. The zero-order valence-corrected chi connectivity index (χ0v) is 12.8. The van der Waals surface area contributed by atoms with Gasteiger partial charge < -0.3 is 15.4 Å². The molecule has 0 saturated heterocycles. The molecule has 3 rings (SSSR count). The van der Waals surface area contributed by atoms with Crippen LogP contribution in [0.5, 0.6) is 0 Å². The fourth-order valence-corrected chi connectivity index (χ4v) is 3.19. The monoisotopic (exact) mass is 304 g/mol. The molecule has 0 amide bonds. The van der Waals surface area contributed by atoms with Gasteiger partial charge in [-0.15, -0.1) is 11.3 Å². The van der Waals surface area contributed by atoms with Crippen molar-refractivity contribution in [1.29, 1.82) is 0 Å². The summed E-state index contributed by atoms with van der Waals surface area (Å²) in [5, 5.41) is 9.14. The second kappa shape index (κ2) is 5.81. The molecule has 2 heterocycles. The summed E-state index contributed by atoms with van der Waals surface area (Å²) >= 11 is 6.90. The van der Waals surface area contributed by atoms with Crippen molar-refractivity contribution >= 4 is 40.1 Å². The summed E-state index contributed by atoms with van der Waals surface area (Å²) in [6.07, 6.45) is 0.959. The normalized spacial score (nSPS) is 17.6. The Morgan fingerprint density at radius 3 is 3.15 bits per heavy atom. The first kappa shape index (κ1) is 13.4. The molecule has 0 fully saturated rings. The largest absolute Gasteiger partial charge is 0.467 e. The van der Waals surface area contributed by atoms with E-state index < -0.39 is 0 Å². The van der Waals surface area contributed by atoms with Crippen LogP contribution in [0.25, 0.3) is 0 Å². The Labute approximate surface area is 128 Å². The third-order valence-corrected chi connectivity index (χ3v) is 4.28. The van der Waals surface area contributed by atoms with E-state index in [0.29, 0.717) is 5.17 Å². The minimum Gasteiger partial charge on any atom is -0.467 e. The maximum absolute atomic E-state index is 5.55. The van der Waals surface area contributed by atoms with Crippen LogP contribution in [0.1, 0.15) is 17.4 Å². The topological polar surface area (TPSA) is 33.3 Å². The highest BCUT2D eigenvalue weighted by atomic mass is 32.1. The lowest BCUT2D eigenvalue weighted by atomic mass is 10.1. The van der Waals surface area contributed by atoms with Gasteiger partial charge in [-0.2, -0.15) is 0 Å². The Morgan fingerprint density at radius 2 is 2.35 bits per heavy atom. The molecule has 1 aliphatic rings. The number of benzene rings is 1. The molecule has 104 valence electrons. The van der Waals surface area contributed by atoms with E-state index in [1.54, 1.807) is 11.3 Å². The lowest BCUT2D eigenvalue weighted by Crippen LogP contribution is -2.16. The van der Waals surface area contributed by atoms with E-state index in [1.165, 1.54) is 10.4 Å². The van der Waals surface area contributed by atoms with Gasteiger partial charge in [-0.1, -0.05) is 6.07 Å². The number of rotatable bonds is 3. The van der Waals surface area contributed by atoms with Gasteiger partial charge in [0.1, 0.15) is 6.10 Å². The van der Waals surface area contributed by atoms with Crippen LogP contribution < -0.4 is 10.6 Å². The van der Waals surface area contributed by atoms with Gasteiger partial charge >= 0.3 is 0 Å². The average Bonchev–Trinajstić information content (AvgIpc) is 2.87. The number of anilines is 2. The van der Waals surface area contributed by atoms with Crippen molar-refractivity contribution < 1.29 is 4.74 Å². The van der Waals surface area contributed by atoms with Crippen LogP contribution in [-0.4, -0.2) is 11.3 Å². The van der Waals surface area contributed by atoms with Crippen LogP contribution in [-0.2, 0) is 17.7 Å². The van der Waals surface area contributed by atoms with E-state index in [9.17, 15) is 0 Å². The highest BCUT2D eigenvalue weighted by Gasteiger charge is 2.16. The second-order valence-electron chi connectivity index (χ2n) is 4.85. The van der Waals surface area contributed by atoms with Crippen LogP contribution in [0, 0.1) is 0 Å². The van der Waals surface area contributed by atoms with Crippen LogP contribution in [0.15, 0.2) is 35.7 Å². The molecule has 2 aromatic rings. The van der Waals surface area contributed by atoms with Crippen molar-refractivity contribution in [3.8, 4) is 0 Å². The zero-order chi connectivity index (χ0) is 13.9.